The summed E-state index contributed by atoms with van der Waals surface area (Å²) in [5, 5.41) is 8.01. The highest BCUT2D eigenvalue weighted by Gasteiger charge is 2.25. The minimum atomic E-state index is -0.375. The molecule has 7 heteroatoms. The number of thiocarbonyl (C=S) groups is 1. The third-order valence-electron chi connectivity index (χ3n) is 4.37. The Morgan fingerprint density at radius 2 is 1.83 bits per heavy atom. The van der Waals surface area contributed by atoms with Gasteiger partial charge in [0, 0.05) is 21.2 Å². The van der Waals surface area contributed by atoms with E-state index in [0.29, 0.717) is 27.3 Å². The molecule has 0 radical (unpaired) electrons. The number of esters is 1. The molecule has 0 aliphatic heterocycles. The molecule has 3 rings (SSSR count). The maximum Gasteiger partial charge on any atom is 0.341 e. The van der Waals surface area contributed by atoms with Crippen molar-refractivity contribution in [2.45, 2.75) is 20.8 Å². The average molecular weight is 445 g/mol. The quantitative estimate of drug-likeness (QED) is 0.340. The lowest BCUT2D eigenvalue weighted by molar-refractivity contribution is 0.0529. The van der Waals surface area contributed by atoms with Crippen LogP contribution in [0.4, 0.5) is 10.7 Å². The molecule has 1 heterocycles. The van der Waals surface area contributed by atoms with Crippen LogP contribution in [0.3, 0.4) is 0 Å². The van der Waals surface area contributed by atoms with Crippen molar-refractivity contribution in [3.05, 3.63) is 69.6 Å². The van der Waals surface area contributed by atoms with Gasteiger partial charge >= 0.3 is 5.97 Å². The van der Waals surface area contributed by atoms with Gasteiger partial charge in [0.15, 0.2) is 5.11 Å². The molecule has 3 aromatic rings. The van der Waals surface area contributed by atoms with Gasteiger partial charge in [-0.05, 0) is 56.2 Å². The van der Waals surface area contributed by atoms with Crippen molar-refractivity contribution in [1.82, 2.24) is 0 Å². The Kier molecular flexibility index (Phi) is 6.90. The molecular weight excluding hydrogens is 424 g/mol. The van der Waals surface area contributed by atoms with E-state index < -0.39 is 0 Å². The van der Waals surface area contributed by atoms with Crippen LogP contribution in [-0.2, 0) is 4.74 Å². The Morgan fingerprint density at radius 1 is 1.10 bits per heavy atom. The largest absolute Gasteiger partial charge is 0.462 e. The van der Waals surface area contributed by atoms with Gasteiger partial charge in [0.05, 0.1) is 6.61 Å². The number of halogens is 1. The van der Waals surface area contributed by atoms with E-state index in [2.05, 4.69) is 10.6 Å². The van der Waals surface area contributed by atoms with Gasteiger partial charge in [0.25, 0.3) is 0 Å². The summed E-state index contributed by atoms with van der Waals surface area (Å²) in [5.74, 6) is -0.375. The summed E-state index contributed by atoms with van der Waals surface area (Å²) < 4.78 is 5.33. The first-order valence-corrected chi connectivity index (χ1v) is 10.7. The second-order valence-corrected chi connectivity index (χ2v) is 8.36. The zero-order chi connectivity index (χ0) is 21.0. The molecule has 29 heavy (non-hydrogen) atoms. The maximum absolute atomic E-state index is 12.8. The fourth-order valence-corrected chi connectivity index (χ4v) is 4.50. The van der Waals surface area contributed by atoms with E-state index in [4.69, 9.17) is 28.6 Å². The van der Waals surface area contributed by atoms with E-state index in [1.165, 1.54) is 11.3 Å². The number of anilines is 2. The second kappa shape index (κ2) is 9.39. The fraction of sp³-hybridized carbons (Fsp3) is 0.182. The molecule has 0 atom stereocenters. The molecule has 0 aliphatic carbocycles. The third kappa shape index (κ3) is 4.78. The van der Waals surface area contributed by atoms with Crippen LogP contribution in [0.5, 0.6) is 0 Å². The number of ether oxygens (including phenoxy) is 1. The molecule has 0 aliphatic rings. The minimum absolute atomic E-state index is 0.297. The molecule has 0 unspecified atom stereocenters. The molecule has 0 saturated heterocycles. The highest BCUT2D eigenvalue weighted by Crippen LogP contribution is 2.40. The van der Waals surface area contributed by atoms with Gasteiger partial charge in [-0.1, -0.05) is 48.0 Å². The van der Waals surface area contributed by atoms with Gasteiger partial charge in [-0.2, -0.15) is 0 Å². The standard InChI is InChI=1S/C22H21ClN2O2S2/c1-4-27-21(26)19-18(15-9-6-5-7-10-15)14(3)29-20(19)25-22(28)24-17-12-8-11-16(23)13(17)2/h5-12H,4H2,1-3H3,(H2,24,25,28). The lowest BCUT2D eigenvalue weighted by Crippen LogP contribution is -2.20. The number of hydrogen-bond donors (Lipinski definition) is 2. The molecule has 1 aromatic heterocycles. The molecule has 2 aromatic carbocycles. The lowest BCUT2D eigenvalue weighted by Gasteiger charge is -2.14. The monoisotopic (exact) mass is 444 g/mol. The normalized spacial score (nSPS) is 10.5. The van der Waals surface area contributed by atoms with Crippen LogP contribution in [0, 0.1) is 13.8 Å². The minimum Gasteiger partial charge on any atom is -0.462 e. The smallest absolute Gasteiger partial charge is 0.341 e. The summed E-state index contributed by atoms with van der Waals surface area (Å²) >= 11 is 13.1. The fourth-order valence-electron chi connectivity index (χ4n) is 2.98. The zero-order valence-electron chi connectivity index (χ0n) is 16.3. The number of hydrogen-bond acceptors (Lipinski definition) is 4. The second-order valence-electron chi connectivity index (χ2n) is 6.32. The van der Waals surface area contributed by atoms with Crippen molar-refractivity contribution in [1.29, 1.82) is 0 Å². The number of carbonyl (C=O) groups excluding carboxylic acids is 1. The molecule has 0 spiro atoms. The Labute approximate surface area is 184 Å². The zero-order valence-corrected chi connectivity index (χ0v) is 18.7. The highest BCUT2D eigenvalue weighted by atomic mass is 35.5. The molecule has 2 N–H and O–H groups in total. The molecule has 0 bridgehead atoms. The molecule has 0 fully saturated rings. The number of rotatable bonds is 5. The van der Waals surface area contributed by atoms with Crippen LogP contribution in [0.2, 0.25) is 5.02 Å². The van der Waals surface area contributed by atoms with E-state index in [0.717, 1.165) is 27.3 Å². The van der Waals surface area contributed by atoms with Crippen molar-refractivity contribution in [2.75, 3.05) is 17.2 Å². The summed E-state index contributed by atoms with van der Waals surface area (Å²) in [6.45, 7) is 5.99. The third-order valence-corrected chi connectivity index (χ3v) is 6.00. The van der Waals surface area contributed by atoms with E-state index in [1.54, 1.807) is 6.92 Å². The van der Waals surface area contributed by atoms with Gasteiger partial charge < -0.3 is 15.4 Å². The number of aryl methyl sites for hydroxylation is 1. The van der Waals surface area contributed by atoms with E-state index in [-0.39, 0.29) is 5.97 Å². The van der Waals surface area contributed by atoms with Crippen molar-refractivity contribution >= 4 is 56.9 Å². The lowest BCUT2D eigenvalue weighted by atomic mass is 10.0. The number of nitrogens with one attached hydrogen (secondary N) is 2. The van der Waals surface area contributed by atoms with Gasteiger partial charge in [-0.3, -0.25) is 0 Å². The van der Waals surface area contributed by atoms with Gasteiger partial charge in [-0.25, -0.2) is 4.79 Å². The molecule has 4 nitrogen and oxygen atoms in total. The summed E-state index contributed by atoms with van der Waals surface area (Å²) in [4.78, 5) is 13.8. The van der Waals surface area contributed by atoms with Crippen molar-refractivity contribution in [2.24, 2.45) is 0 Å². The Bertz CT molecular complexity index is 1050. The predicted octanol–water partition coefficient (Wildman–Crippen LogP) is 6.67. The van der Waals surface area contributed by atoms with Crippen molar-refractivity contribution < 1.29 is 9.53 Å². The Balaban J connectivity index is 1.95. The van der Waals surface area contributed by atoms with Crippen LogP contribution in [0.25, 0.3) is 11.1 Å². The summed E-state index contributed by atoms with van der Waals surface area (Å²) in [5.41, 5.74) is 4.02. The Hall–Kier alpha value is -2.41. The first-order chi connectivity index (χ1) is 13.9. The van der Waals surface area contributed by atoms with E-state index in [1.807, 2.05) is 62.4 Å². The van der Waals surface area contributed by atoms with Crippen LogP contribution >= 0.6 is 35.2 Å². The summed E-state index contributed by atoms with van der Waals surface area (Å²) in [7, 11) is 0. The van der Waals surface area contributed by atoms with E-state index >= 15 is 0 Å². The average Bonchev–Trinajstić information content (AvgIpc) is 3.02. The predicted molar refractivity (Wildman–Crippen MR) is 126 cm³/mol. The topological polar surface area (TPSA) is 50.4 Å². The maximum atomic E-state index is 12.8. The van der Waals surface area contributed by atoms with Crippen LogP contribution in [0.15, 0.2) is 48.5 Å². The molecule has 0 saturated carbocycles. The highest BCUT2D eigenvalue weighted by molar-refractivity contribution is 7.80. The number of thiophene rings is 1. The van der Waals surface area contributed by atoms with E-state index in [9.17, 15) is 4.79 Å². The molecule has 0 amide bonds. The summed E-state index contributed by atoms with van der Waals surface area (Å²) in [6, 6.07) is 15.4. The van der Waals surface area contributed by atoms with Crippen molar-refractivity contribution in [3.8, 4) is 11.1 Å². The first-order valence-electron chi connectivity index (χ1n) is 9.11. The van der Waals surface area contributed by atoms with Crippen LogP contribution < -0.4 is 10.6 Å². The van der Waals surface area contributed by atoms with Crippen LogP contribution in [-0.4, -0.2) is 17.7 Å². The van der Waals surface area contributed by atoms with Gasteiger partial charge in [0.1, 0.15) is 10.6 Å². The van der Waals surface area contributed by atoms with Crippen LogP contribution in [0.1, 0.15) is 27.7 Å². The summed E-state index contributed by atoms with van der Waals surface area (Å²) in [6.07, 6.45) is 0. The molecular formula is C22H21ClN2O2S2. The number of carbonyl (C=O) groups is 1. The molecule has 150 valence electrons. The Morgan fingerprint density at radius 3 is 2.52 bits per heavy atom. The SMILES string of the molecule is CCOC(=O)c1c(NC(=S)Nc2cccc(Cl)c2C)sc(C)c1-c1ccccc1. The number of benzene rings is 2. The first kappa shape index (κ1) is 21.3. The van der Waals surface area contributed by atoms with Crippen molar-refractivity contribution in [3.63, 3.8) is 0 Å². The van der Waals surface area contributed by atoms with Gasteiger partial charge in [-0.15, -0.1) is 11.3 Å². The van der Waals surface area contributed by atoms with Gasteiger partial charge in [0.2, 0.25) is 0 Å².